The van der Waals surface area contributed by atoms with Gasteiger partial charge in [0.2, 0.25) is 5.91 Å². The quantitative estimate of drug-likeness (QED) is 0.758. The number of nitrogens with two attached hydrogens (primary N) is 1. The molecule has 1 aromatic rings. The van der Waals surface area contributed by atoms with Crippen molar-refractivity contribution >= 4 is 5.91 Å². The van der Waals surface area contributed by atoms with Gasteiger partial charge in [0, 0.05) is 18.9 Å². The van der Waals surface area contributed by atoms with Crippen LogP contribution >= 0.6 is 0 Å². The average Bonchev–Trinajstić information content (AvgIpc) is 2.34. The van der Waals surface area contributed by atoms with Crippen molar-refractivity contribution in [2.45, 2.75) is 38.8 Å². The molecule has 16 heavy (non-hydrogen) atoms. The lowest BCUT2D eigenvalue weighted by molar-refractivity contribution is -0.122. The van der Waals surface area contributed by atoms with Crippen LogP contribution in [0.4, 0.5) is 0 Å². The monoisotopic (exact) mass is 221 g/mol. The van der Waals surface area contributed by atoms with Crippen LogP contribution in [0.3, 0.4) is 0 Å². The van der Waals surface area contributed by atoms with Crippen LogP contribution in [0, 0.1) is 0 Å². The Balaban J connectivity index is 2.29. The van der Waals surface area contributed by atoms with Gasteiger partial charge in [0.1, 0.15) is 0 Å². The number of aromatic nitrogens is 1. The molecule has 1 rings (SSSR count). The second-order valence-corrected chi connectivity index (χ2v) is 3.83. The largest absolute Gasteiger partial charge is 0.351 e. The zero-order valence-electron chi connectivity index (χ0n) is 9.65. The molecule has 0 fully saturated rings. The SMILES string of the molecule is CCCC[C@H](N)C(=O)NCc1cccnc1. The highest BCUT2D eigenvalue weighted by molar-refractivity contribution is 5.81. The Kier molecular flexibility index (Phi) is 5.50. The van der Waals surface area contributed by atoms with E-state index in [1.54, 1.807) is 12.4 Å². The van der Waals surface area contributed by atoms with Crippen molar-refractivity contribution in [1.82, 2.24) is 10.3 Å². The summed E-state index contributed by atoms with van der Waals surface area (Å²) in [6, 6.07) is 3.38. The number of rotatable bonds is 6. The van der Waals surface area contributed by atoms with Gasteiger partial charge in [0.15, 0.2) is 0 Å². The number of carbonyl (C=O) groups is 1. The topological polar surface area (TPSA) is 68.0 Å². The number of nitrogens with one attached hydrogen (secondary N) is 1. The van der Waals surface area contributed by atoms with E-state index >= 15 is 0 Å². The van der Waals surface area contributed by atoms with E-state index in [4.69, 9.17) is 5.73 Å². The van der Waals surface area contributed by atoms with Crippen LogP contribution in [0.15, 0.2) is 24.5 Å². The molecule has 1 heterocycles. The second-order valence-electron chi connectivity index (χ2n) is 3.83. The predicted molar refractivity (Wildman–Crippen MR) is 63.6 cm³/mol. The first-order valence-electron chi connectivity index (χ1n) is 5.66. The zero-order chi connectivity index (χ0) is 11.8. The summed E-state index contributed by atoms with van der Waals surface area (Å²) < 4.78 is 0. The van der Waals surface area contributed by atoms with Crippen LogP contribution in [0.2, 0.25) is 0 Å². The lowest BCUT2D eigenvalue weighted by atomic mass is 10.1. The maximum absolute atomic E-state index is 11.6. The summed E-state index contributed by atoms with van der Waals surface area (Å²) in [5.41, 5.74) is 6.72. The molecule has 1 aromatic heterocycles. The number of pyridine rings is 1. The molecule has 0 aromatic carbocycles. The van der Waals surface area contributed by atoms with Gasteiger partial charge in [-0.05, 0) is 18.1 Å². The molecule has 0 radical (unpaired) electrons. The molecule has 88 valence electrons. The predicted octanol–water partition coefficient (Wildman–Crippen LogP) is 1.22. The fourth-order valence-electron chi connectivity index (χ4n) is 1.38. The molecular weight excluding hydrogens is 202 g/mol. The van der Waals surface area contributed by atoms with Crippen LogP contribution in [0.5, 0.6) is 0 Å². The molecule has 4 heteroatoms. The fraction of sp³-hybridized carbons (Fsp3) is 0.500. The van der Waals surface area contributed by atoms with Crippen LogP contribution < -0.4 is 11.1 Å². The van der Waals surface area contributed by atoms with Crippen LogP contribution in [-0.4, -0.2) is 16.9 Å². The molecule has 1 amide bonds. The standard InChI is InChI=1S/C12H19N3O/c1-2-3-6-11(13)12(16)15-9-10-5-4-7-14-8-10/h4-5,7-8,11H,2-3,6,9,13H2,1H3,(H,15,16)/t11-/m0/s1. The smallest absolute Gasteiger partial charge is 0.237 e. The van der Waals surface area contributed by atoms with Gasteiger partial charge in [-0.15, -0.1) is 0 Å². The highest BCUT2D eigenvalue weighted by atomic mass is 16.2. The summed E-state index contributed by atoms with van der Waals surface area (Å²) in [6.45, 7) is 2.58. The minimum absolute atomic E-state index is 0.0858. The minimum Gasteiger partial charge on any atom is -0.351 e. The molecule has 1 atom stereocenters. The van der Waals surface area contributed by atoms with E-state index in [0.29, 0.717) is 6.54 Å². The van der Waals surface area contributed by atoms with Crippen molar-refractivity contribution < 1.29 is 4.79 Å². The van der Waals surface area contributed by atoms with E-state index in [9.17, 15) is 4.79 Å². The van der Waals surface area contributed by atoms with Gasteiger partial charge in [-0.3, -0.25) is 9.78 Å². The molecule has 0 aliphatic heterocycles. The number of amides is 1. The molecular formula is C12H19N3O. The first-order valence-corrected chi connectivity index (χ1v) is 5.66. The van der Waals surface area contributed by atoms with Gasteiger partial charge in [-0.1, -0.05) is 25.8 Å². The van der Waals surface area contributed by atoms with Gasteiger partial charge in [-0.2, -0.15) is 0 Å². The number of hydrogen-bond acceptors (Lipinski definition) is 3. The molecule has 0 aliphatic carbocycles. The van der Waals surface area contributed by atoms with Crippen molar-refractivity contribution in [2.24, 2.45) is 5.73 Å². The van der Waals surface area contributed by atoms with Crippen LogP contribution in [-0.2, 0) is 11.3 Å². The summed E-state index contributed by atoms with van der Waals surface area (Å²) in [6.07, 6.45) is 6.23. The number of hydrogen-bond donors (Lipinski definition) is 2. The van der Waals surface area contributed by atoms with Crippen molar-refractivity contribution in [1.29, 1.82) is 0 Å². The van der Waals surface area contributed by atoms with Gasteiger partial charge in [-0.25, -0.2) is 0 Å². The van der Waals surface area contributed by atoms with Crippen molar-refractivity contribution in [3.8, 4) is 0 Å². The Morgan fingerprint density at radius 1 is 1.62 bits per heavy atom. The number of nitrogens with zero attached hydrogens (tertiary/aromatic N) is 1. The lowest BCUT2D eigenvalue weighted by Gasteiger charge is -2.11. The van der Waals surface area contributed by atoms with E-state index in [-0.39, 0.29) is 5.91 Å². The molecule has 0 saturated heterocycles. The summed E-state index contributed by atoms with van der Waals surface area (Å²) >= 11 is 0. The normalized spacial score (nSPS) is 12.1. The molecule has 0 bridgehead atoms. The Bertz CT molecular complexity index is 313. The first kappa shape index (κ1) is 12.6. The molecule has 0 saturated carbocycles. The van der Waals surface area contributed by atoms with E-state index < -0.39 is 6.04 Å². The maximum atomic E-state index is 11.6. The fourth-order valence-corrected chi connectivity index (χ4v) is 1.38. The van der Waals surface area contributed by atoms with Crippen molar-refractivity contribution in [2.75, 3.05) is 0 Å². The number of unbranched alkanes of at least 4 members (excludes halogenated alkanes) is 1. The summed E-state index contributed by atoms with van der Waals surface area (Å²) in [5, 5.41) is 2.80. The first-order chi connectivity index (χ1) is 7.74. The van der Waals surface area contributed by atoms with Gasteiger partial charge >= 0.3 is 0 Å². The van der Waals surface area contributed by atoms with Crippen molar-refractivity contribution in [3.05, 3.63) is 30.1 Å². The van der Waals surface area contributed by atoms with E-state index in [1.807, 2.05) is 12.1 Å². The highest BCUT2D eigenvalue weighted by Crippen LogP contribution is 1.99. The Hall–Kier alpha value is -1.42. The summed E-state index contributed by atoms with van der Waals surface area (Å²) in [4.78, 5) is 15.5. The molecule has 0 unspecified atom stereocenters. The third-order valence-corrected chi connectivity index (χ3v) is 2.39. The number of carbonyl (C=O) groups excluding carboxylic acids is 1. The average molecular weight is 221 g/mol. The third-order valence-electron chi connectivity index (χ3n) is 2.39. The van der Waals surface area contributed by atoms with E-state index in [1.165, 1.54) is 0 Å². The lowest BCUT2D eigenvalue weighted by Crippen LogP contribution is -2.40. The van der Waals surface area contributed by atoms with E-state index in [0.717, 1.165) is 24.8 Å². The van der Waals surface area contributed by atoms with Crippen LogP contribution in [0.25, 0.3) is 0 Å². The van der Waals surface area contributed by atoms with Crippen LogP contribution in [0.1, 0.15) is 31.7 Å². The minimum atomic E-state index is -0.392. The van der Waals surface area contributed by atoms with Crippen molar-refractivity contribution in [3.63, 3.8) is 0 Å². The third kappa shape index (κ3) is 4.40. The molecule has 3 N–H and O–H groups in total. The van der Waals surface area contributed by atoms with E-state index in [2.05, 4.69) is 17.2 Å². The Labute approximate surface area is 96.3 Å². The maximum Gasteiger partial charge on any atom is 0.237 e. The Morgan fingerprint density at radius 3 is 3.06 bits per heavy atom. The van der Waals surface area contributed by atoms with Gasteiger partial charge in [0.05, 0.1) is 6.04 Å². The summed E-state index contributed by atoms with van der Waals surface area (Å²) in [5.74, 6) is -0.0858. The highest BCUT2D eigenvalue weighted by Gasteiger charge is 2.11. The summed E-state index contributed by atoms with van der Waals surface area (Å²) in [7, 11) is 0. The molecule has 0 aliphatic rings. The second kappa shape index (κ2) is 6.95. The van der Waals surface area contributed by atoms with Gasteiger partial charge < -0.3 is 11.1 Å². The molecule has 4 nitrogen and oxygen atoms in total. The van der Waals surface area contributed by atoms with Gasteiger partial charge in [0.25, 0.3) is 0 Å². The zero-order valence-corrected chi connectivity index (χ0v) is 9.65. The molecule has 0 spiro atoms. The Morgan fingerprint density at radius 2 is 2.44 bits per heavy atom.